The molecule has 0 bridgehead atoms. The van der Waals surface area contributed by atoms with E-state index in [1.807, 2.05) is 27.0 Å². The molecule has 1 amide bonds. The number of carbonyl (C=O) groups excluding carboxylic acids is 1. The van der Waals surface area contributed by atoms with Crippen molar-refractivity contribution in [2.45, 2.75) is 13.8 Å². The summed E-state index contributed by atoms with van der Waals surface area (Å²) < 4.78 is 7.32. The predicted molar refractivity (Wildman–Crippen MR) is 104 cm³/mol. The molecule has 0 aliphatic heterocycles. The molecule has 0 atom stereocenters. The molecule has 8 heteroatoms. The van der Waals surface area contributed by atoms with Gasteiger partial charge in [0.25, 0.3) is 5.91 Å². The highest BCUT2D eigenvalue weighted by atomic mass is 16.5. The van der Waals surface area contributed by atoms with E-state index in [1.165, 1.54) is 6.20 Å². The maximum Gasteiger partial charge on any atom is 0.257 e. The van der Waals surface area contributed by atoms with Gasteiger partial charge in [0.05, 0.1) is 23.1 Å². The zero-order valence-electron chi connectivity index (χ0n) is 15.7. The highest BCUT2D eigenvalue weighted by Crippen LogP contribution is 2.23. The molecule has 0 saturated heterocycles. The lowest BCUT2D eigenvalue weighted by Gasteiger charge is -2.09. The van der Waals surface area contributed by atoms with Crippen LogP contribution >= 0.6 is 0 Å². The van der Waals surface area contributed by atoms with E-state index in [2.05, 4.69) is 25.4 Å². The topological polar surface area (TPSA) is 94.8 Å². The second-order valence-electron chi connectivity index (χ2n) is 6.33. The van der Waals surface area contributed by atoms with Gasteiger partial charge in [0, 0.05) is 30.5 Å². The Kier molecular flexibility index (Phi) is 4.44. The number of nitrogens with zero attached hydrogens (tertiary/aromatic N) is 5. The molecule has 0 radical (unpaired) electrons. The fourth-order valence-electron chi connectivity index (χ4n) is 2.93. The smallest absolute Gasteiger partial charge is 0.257 e. The van der Waals surface area contributed by atoms with Crippen molar-refractivity contribution >= 4 is 22.6 Å². The molecule has 0 spiro atoms. The molecule has 4 aromatic rings. The van der Waals surface area contributed by atoms with Crippen molar-refractivity contribution in [2.24, 2.45) is 7.05 Å². The van der Waals surface area contributed by atoms with Crippen LogP contribution in [0.25, 0.3) is 11.0 Å². The number of pyridine rings is 1. The lowest BCUT2D eigenvalue weighted by atomic mass is 10.1. The van der Waals surface area contributed by atoms with Crippen LogP contribution in [0.5, 0.6) is 11.6 Å². The summed E-state index contributed by atoms with van der Waals surface area (Å²) in [4.78, 5) is 25.3. The number of aromatic nitrogens is 5. The zero-order valence-corrected chi connectivity index (χ0v) is 15.7. The fraction of sp³-hybridized carbons (Fsp3) is 0.150. The van der Waals surface area contributed by atoms with E-state index < -0.39 is 0 Å². The Morgan fingerprint density at radius 2 is 1.89 bits per heavy atom. The number of amides is 1. The van der Waals surface area contributed by atoms with E-state index in [0.717, 1.165) is 16.7 Å². The Bertz CT molecular complexity index is 1150. The summed E-state index contributed by atoms with van der Waals surface area (Å²) in [5.41, 5.74) is 3.42. The summed E-state index contributed by atoms with van der Waals surface area (Å²) >= 11 is 0. The first kappa shape index (κ1) is 17.6. The average Bonchev–Trinajstić information content (AvgIpc) is 2.96. The third kappa shape index (κ3) is 3.39. The van der Waals surface area contributed by atoms with E-state index >= 15 is 0 Å². The van der Waals surface area contributed by atoms with Crippen molar-refractivity contribution in [1.82, 2.24) is 24.7 Å². The molecule has 1 aromatic carbocycles. The SMILES string of the molecule is Cc1nc2c(cc1C(=O)Nc1ccc(Oc3cnccn3)cc1)c(C)nn2C. The largest absolute Gasteiger partial charge is 0.438 e. The number of benzene rings is 1. The standard InChI is InChI=1S/C20H18N6O2/c1-12-17(10-16-13(2)25-26(3)19(16)23-12)20(27)24-14-4-6-15(7-5-14)28-18-11-21-8-9-22-18/h4-11H,1-3H3,(H,24,27). The highest BCUT2D eigenvalue weighted by Gasteiger charge is 2.15. The molecular weight excluding hydrogens is 356 g/mol. The van der Waals surface area contributed by atoms with Crippen molar-refractivity contribution in [2.75, 3.05) is 5.32 Å². The van der Waals surface area contributed by atoms with E-state index in [4.69, 9.17) is 4.74 Å². The van der Waals surface area contributed by atoms with E-state index in [1.54, 1.807) is 41.3 Å². The van der Waals surface area contributed by atoms with Crippen LogP contribution in [0, 0.1) is 13.8 Å². The predicted octanol–water partition coefficient (Wildman–Crippen LogP) is 3.42. The Labute approximate surface area is 161 Å². The van der Waals surface area contributed by atoms with Gasteiger partial charge in [-0.05, 0) is 44.2 Å². The summed E-state index contributed by atoms with van der Waals surface area (Å²) in [6.07, 6.45) is 4.66. The van der Waals surface area contributed by atoms with E-state index in [9.17, 15) is 4.79 Å². The first-order valence-corrected chi connectivity index (χ1v) is 8.67. The van der Waals surface area contributed by atoms with Crippen molar-refractivity contribution in [3.8, 4) is 11.6 Å². The minimum Gasteiger partial charge on any atom is -0.438 e. The third-order valence-electron chi connectivity index (χ3n) is 4.31. The van der Waals surface area contributed by atoms with Gasteiger partial charge >= 0.3 is 0 Å². The van der Waals surface area contributed by atoms with Crippen LogP contribution in [0.2, 0.25) is 0 Å². The molecule has 0 aliphatic carbocycles. The van der Waals surface area contributed by atoms with Gasteiger partial charge in [-0.2, -0.15) is 5.10 Å². The molecule has 0 saturated carbocycles. The van der Waals surface area contributed by atoms with Crippen LogP contribution in [0.1, 0.15) is 21.7 Å². The Morgan fingerprint density at radius 1 is 1.11 bits per heavy atom. The van der Waals surface area contributed by atoms with Crippen LogP contribution < -0.4 is 10.1 Å². The Morgan fingerprint density at radius 3 is 2.61 bits per heavy atom. The number of fused-ring (bicyclic) bond motifs is 1. The maximum atomic E-state index is 12.7. The molecule has 140 valence electrons. The summed E-state index contributed by atoms with van der Waals surface area (Å²) in [6, 6.07) is 8.87. The number of ether oxygens (including phenoxy) is 1. The second-order valence-corrected chi connectivity index (χ2v) is 6.33. The molecular formula is C20H18N6O2. The van der Waals surface area contributed by atoms with Gasteiger partial charge < -0.3 is 10.1 Å². The molecule has 0 fully saturated rings. The molecule has 3 aromatic heterocycles. The van der Waals surface area contributed by atoms with Crippen molar-refractivity contribution < 1.29 is 9.53 Å². The summed E-state index contributed by atoms with van der Waals surface area (Å²) in [6.45, 7) is 3.71. The van der Waals surface area contributed by atoms with Gasteiger partial charge in [0.2, 0.25) is 5.88 Å². The minimum atomic E-state index is -0.224. The second kappa shape index (κ2) is 7.07. The van der Waals surface area contributed by atoms with Gasteiger partial charge in [-0.25, -0.2) is 9.97 Å². The molecule has 1 N–H and O–H groups in total. The molecule has 0 unspecified atom stereocenters. The van der Waals surface area contributed by atoms with Gasteiger partial charge in [-0.15, -0.1) is 0 Å². The van der Waals surface area contributed by atoms with Crippen LogP contribution in [0.3, 0.4) is 0 Å². The first-order valence-electron chi connectivity index (χ1n) is 8.67. The number of anilines is 1. The zero-order chi connectivity index (χ0) is 19.7. The van der Waals surface area contributed by atoms with Gasteiger partial charge in [0.15, 0.2) is 5.65 Å². The number of carbonyl (C=O) groups is 1. The minimum absolute atomic E-state index is 0.224. The highest BCUT2D eigenvalue weighted by molar-refractivity contribution is 6.06. The monoisotopic (exact) mass is 374 g/mol. The Hall–Kier alpha value is -3.81. The number of hydrogen-bond donors (Lipinski definition) is 1. The van der Waals surface area contributed by atoms with Crippen LogP contribution in [0.15, 0.2) is 48.9 Å². The molecule has 28 heavy (non-hydrogen) atoms. The van der Waals surface area contributed by atoms with Gasteiger partial charge in [0.1, 0.15) is 5.75 Å². The van der Waals surface area contributed by atoms with E-state index in [0.29, 0.717) is 28.6 Å². The van der Waals surface area contributed by atoms with Crippen LogP contribution in [-0.4, -0.2) is 30.6 Å². The van der Waals surface area contributed by atoms with Crippen molar-refractivity contribution in [3.05, 3.63) is 65.9 Å². The van der Waals surface area contributed by atoms with Gasteiger partial charge in [-0.3, -0.25) is 14.5 Å². The molecule has 8 nitrogen and oxygen atoms in total. The van der Waals surface area contributed by atoms with E-state index in [-0.39, 0.29) is 5.91 Å². The summed E-state index contributed by atoms with van der Waals surface area (Å²) in [5.74, 6) is 0.780. The van der Waals surface area contributed by atoms with Crippen molar-refractivity contribution in [1.29, 1.82) is 0 Å². The Balaban J connectivity index is 1.53. The van der Waals surface area contributed by atoms with Crippen LogP contribution in [-0.2, 0) is 7.05 Å². The van der Waals surface area contributed by atoms with Gasteiger partial charge in [-0.1, -0.05) is 0 Å². The number of hydrogen-bond acceptors (Lipinski definition) is 6. The maximum absolute atomic E-state index is 12.7. The quantitative estimate of drug-likeness (QED) is 0.588. The number of rotatable bonds is 4. The van der Waals surface area contributed by atoms with Crippen LogP contribution in [0.4, 0.5) is 5.69 Å². The number of aryl methyl sites for hydroxylation is 3. The lowest BCUT2D eigenvalue weighted by Crippen LogP contribution is -2.14. The average molecular weight is 374 g/mol. The normalized spacial score (nSPS) is 10.8. The summed E-state index contributed by atoms with van der Waals surface area (Å²) in [7, 11) is 1.84. The fourth-order valence-corrected chi connectivity index (χ4v) is 2.93. The summed E-state index contributed by atoms with van der Waals surface area (Å²) in [5, 5.41) is 8.12. The van der Waals surface area contributed by atoms with Crippen molar-refractivity contribution in [3.63, 3.8) is 0 Å². The number of nitrogens with one attached hydrogen (secondary N) is 1. The molecule has 3 heterocycles. The third-order valence-corrected chi connectivity index (χ3v) is 4.31. The molecule has 4 rings (SSSR count). The first-order chi connectivity index (χ1) is 13.5. The molecule has 0 aliphatic rings. The lowest BCUT2D eigenvalue weighted by molar-refractivity contribution is 0.102.